The van der Waals surface area contributed by atoms with Crippen molar-refractivity contribution in [3.8, 4) is 0 Å². The minimum atomic E-state index is -0.138. The molecule has 0 spiro atoms. The lowest BCUT2D eigenvalue weighted by Crippen LogP contribution is -2.08. The largest absolute Gasteiger partial charge is 0.462 e. The van der Waals surface area contributed by atoms with Crippen molar-refractivity contribution in [2.45, 2.75) is 45.4 Å². The quantitative estimate of drug-likeness (QED) is 0.736. The number of fused-ring (bicyclic) bond motifs is 1. The Labute approximate surface area is 101 Å². The number of carbonyl (C=O) groups is 1. The monoisotopic (exact) mass is 238 g/mol. The molecule has 0 atom stereocenters. The second-order valence-electron chi connectivity index (χ2n) is 4.19. The van der Waals surface area contributed by atoms with Crippen LogP contribution in [0.25, 0.3) is 0 Å². The minimum absolute atomic E-state index is 0.138. The molecule has 1 aliphatic rings. The highest BCUT2D eigenvalue weighted by Gasteiger charge is 2.19. The Morgan fingerprint density at radius 1 is 1.31 bits per heavy atom. The maximum atomic E-state index is 11.8. The Kier molecular flexibility index (Phi) is 3.99. The topological polar surface area (TPSA) is 26.3 Å². The molecule has 0 radical (unpaired) electrons. The fourth-order valence-electron chi connectivity index (χ4n) is 2.23. The zero-order chi connectivity index (χ0) is 11.4. The van der Waals surface area contributed by atoms with Crippen LogP contribution in [0, 0.1) is 0 Å². The van der Waals surface area contributed by atoms with Crippen molar-refractivity contribution in [2.75, 3.05) is 6.61 Å². The number of esters is 1. The number of thiophene rings is 1. The van der Waals surface area contributed by atoms with Gasteiger partial charge in [0.05, 0.1) is 12.2 Å². The second-order valence-corrected chi connectivity index (χ2v) is 5.15. The molecule has 0 saturated heterocycles. The molecule has 0 aromatic carbocycles. The highest BCUT2D eigenvalue weighted by molar-refractivity contribution is 7.10. The van der Waals surface area contributed by atoms with Gasteiger partial charge < -0.3 is 4.74 Å². The molecule has 0 saturated carbocycles. The van der Waals surface area contributed by atoms with Gasteiger partial charge in [-0.3, -0.25) is 0 Å². The summed E-state index contributed by atoms with van der Waals surface area (Å²) in [5, 5.41) is 1.98. The first-order valence-corrected chi connectivity index (χ1v) is 6.97. The van der Waals surface area contributed by atoms with Gasteiger partial charge in [-0.2, -0.15) is 0 Å². The van der Waals surface area contributed by atoms with Crippen LogP contribution in [-0.2, 0) is 17.6 Å². The van der Waals surface area contributed by atoms with Gasteiger partial charge in [-0.15, -0.1) is 11.3 Å². The maximum absolute atomic E-state index is 11.8. The third-order valence-corrected chi connectivity index (χ3v) is 4.15. The van der Waals surface area contributed by atoms with Crippen LogP contribution >= 0.6 is 11.3 Å². The molecule has 1 heterocycles. The Bertz CT molecular complexity index is 368. The van der Waals surface area contributed by atoms with E-state index in [0.29, 0.717) is 6.61 Å². The van der Waals surface area contributed by atoms with Crippen LogP contribution in [0.3, 0.4) is 0 Å². The summed E-state index contributed by atoms with van der Waals surface area (Å²) in [4.78, 5) is 13.2. The highest BCUT2D eigenvalue weighted by Crippen LogP contribution is 2.29. The van der Waals surface area contributed by atoms with E-state index in [2.05, 4.69) is 0 Å². The van der Waals surface area contributed by atoms with E-state index in [9.17, 15) is 4.79 Å². The Balaban J connectivity index is 2.23. The van der Waals surface area contributed by atoms with Gasteiger partial charge >= 0.3 is 5.97 Å². The van der Waals surface area contributed by atoms with Crippen molar-refractivity contribution in [1.82, 2.24) is 0 Å². The third kappa shape index (κ3) is 2.46. The van der Waals surface area contributed by atoms with E-state index in [0.717, 1.165) is 18.4 Å². The van der Waals surface area contributed by atoms with E-state index < -0.39 is 0 Å². The van der Waals surface area contributed by atoms with E-state index in [1.54, 1.807) is 11.3 Å². The first-order valence-electron chi connectivity index (χ1n) is 6.09. The molecule has 1 aliphatic carbocycles. The van der Waals surface area contributed by atoms with Gasteiger partial charge in [0.1, 0.15) is 0 Å². The second kappa shape index (κ2) is 5.48. The van der Waals surface area contributed by atoms with Crippen LogP contribution in [0.1, 0.15) is 53.4 Å². The zero-order valence-corrected chi connectivity index (χ0v) is 10.6. The van der Waals surface area contributed by atoms with Gasteiger partial charge in [-0.05, 0) is 38.2 Å². The molecular formula is C13H18O2S. The number of ether oxygens (including phenoxy) is 1. The fourth-order valence-corrected chi connectivity index (χ4v) is 3.34. The van der Waals surface area contributed by atoms with Crippen molar-refractivity contribution in [3.05, 3.63) is 21.4 Å². The van der Waals surface area contributed by atoms with Crippen molar-refractivity contribution in [3.63, 3.8) is 0 Å². The molecular weight excluding hydrogens is 220 g/mol. The van der Waals surface area contributed by atoms with Crippen LogP contribution in [0.4, 0.5) is 0 Å². The molecule has 2 nitrogen and oxygen atoms in total. The predicted molar refractivity (Wildman–Crippen MR) is 66.2 cm³/mol. The van der Waals surface area contributed by atoms with E-state index in [-0.39, 0.29) is 5.97 Å². The Morgan fingerprint density at radius 3 is 2.81 bits per heavy atom. The summed E-state index contributed by atoms with van der Waals surface area (Å²) < 4.78 is 5.09. The number of hydrogen-bond donors (Lipinski definition) is 0. The zero-order valence-electron chi connectivity index (χ0n) is 9.75. The summed E-state index contributed by atoms with van der Waals surface area (Å²) in [5.41, 5.74) is 2.09. The first-order chi connectivity index (χ1) is 7.83. The lowest BCUT2D eigenvalue weighted by atomic mass is 9.97. The summed E-state index contributed by atoms with van der Waals surface area (Å²) in [6.07, 6.45) is 7.27. The molecule has 0 N–H and O–H groups in total. The molecule has 0 fully saturated rings. The molecule has 1 aromatic heterocycles. The predicted octanol–water partition coefficient (Wildman–Crippen LogP) is 3.58. The van der Waals surface area contributed by atoms with E-state index in [4.69, 9.17) is 4.74 Å². The van der Waals surface area contributed by atoms with Crippen molar-refractivity contribution in [1.29, 1.82) is 0 Å². The number of rotatable bonds is 2. The van der Waals surface area contributed by atoms with Crippen LogP contribution < -0.4 is 0 Å². The molecule has 0 aliphatic heterocycles. The van der Waals surface area contributed by atoms with Gasteiger partial charge in [-0.1, -0.05) is 12.8 Å². The molecule has 16 heavy (non-hydrogen) atoms. The average Bonchev–Trinajstić information content (AvgIpc) is 2.60. The highest BCUT2D eigenvalue weighted by atomic mass is 32.1. The van der Waals surface area contributed by atoms with Gasteiger partial charge in [0.15, 0.2) is 0 Å². The molecule has 1 aromatic rings. The smallest absolute Gasteiger partial charge is 0.339 e. The molecule has 88 valence electrons. The van der Waals surface area contributed by atoms with Crippen molar-refractivity contribution in [2.24, 2.45) is 0 Å². The van der Waals surface area contributed by atoms with Gasteiger partial charge in [0.2, 0.25) is 0 Å². The standard InChI is InChI=1S/C13H18O2S/c1-2-15-13(14)11-9-16-12-8-6-4-3-5-7-10(11)12/h9H,2-8H2,1H3. The lowest BCUT2D eigenvalue weighted by Gasteiger charge is -2.10. The summed E-state index contributed by atoms with van der Waals surface area (Å²) in [6, 6.07) is 0. The van der Waals surface area contributed by atoms with E-state index in [1.807, 2.05) is 12.3 Å². The lowest BCUT2D eigenvalue weighted by molar-refractivity contribution is 0.0525. The van der Waals surface area contributed by atoms with Crippen molar-refractivity contribution < 1.29 is 9.53 Å². The number of carbonyl (C=O) groups excluding carboxylic acids is 1. The van der Waals surface area contributed by atoms with Crippen molar-refractivity contribution >= 4 is 17.3 Å². The minimum Gasteiger partial charge on any atom is -0.462 e. The fraction of sp³-hybridized carbons (Fsp3) is 0.615. The van der Waals surface area contributed by atoms with Crippen LogP contribution in [0.2, 0.25) is 0 Å². The molecule has 0 bridgehead atoms. The Morgan fingerprint density at radius 2 is 2.06 bits per heavy atom. The van der Waals surface area contributed by atoms with Gasteiger partial charge in [-0.25, -0.2) is 4.79 Å². The number of hydrogen-bond acceptors (Lipinski definition) is 3. The first kappa shape index (κ1) is 11.6. The third-order valence-electron chi connectivity index (χ3n) is 3.06. The normalized spacial score (nSPS) is 16.1. The van der Waals surface area contributed by atoms with Crippen LogP contribution in [-0.4, -0.2) is 12.6 Å². The SMILES string of the molecule is CCOC(=O)c1csc2c1CCCCCC2. The average molecular weight is 238 g/mol. The van der Waals surface area contributed by atoms with Crippen LogP contribution in [0.5, 0.6) is 0 Å². The van der Waals surface area contributed by atoms with Crippen LogP contribution in [0.15, 0.2) is 5.38 Å². The van der Waals surface area contributed by atoms with Gasteiger partial charge in [0, 0.05) is 10.3 Å². The number of aryl methyl sites for hydroxylation is 1. The summed E-state index contributed by atoms with van der Waals surface area (Å²) >= 11 is 1.73. The summed E-state index contributed by atoms with van der Waals surface area (Å²) in [6.45, 7) is 2.32. The maximum Gasteiger partial charge on any atom is 0.339 e. The van der Waals surface area contributed by atoms with E-state index >= 15 is 0 Å². The summed E-state index contributed by atoms with van der Waals surface area (Å²) in [5.74, 6) is -0.138. The molecule has 3 heteroatoms. The molecule has 0 amide bonds. The Hall–Kier alpha value is -0.830. The van der Waals surface area contributed by atoms with E-state index in [1.165, 1.54) is 36.1 Å². The summed E-state index contributed by atoms with van der Waals surface area (Å²) in [7, 11) is 0. The molecule has 2 rings (SSSR count). The van der Waals surface area contributed by atoms with Gasteiger partial charge in [0.25, 0.3) is 0 Å². The molecule has 0 unspecified atom stereocenters.